The molecule has 5 heteroatoms. The molecule has 110 valence electrons. The maximum absolute atomic E-state index is 12.9. The van der Waals surface area contributed by atoms with Crippen molar-refractivity contribution in [1.82, 2.24) is 14.9 Å². The first kappa shape index (κ1) is 13.4. The monoisotopic (exact) mass is 309 g/mol. The van der Waals surface area contributed by atoms with E-state index in [1.165, 1.54) is 0 Å². The number of para-hydroxylation sites is 1. The standard InChI is InChI=1S/C17H15N3OS/c21-17(13-10-12-4-1-2-5-14(12)19-11-13)20-8-3-6-15(20)16-18-7-9-22-16/h1-2,4-5,7,9-11,15H,3,6,8H2/t15-/m1/s1. The summed E-state index contributed by atoms with van der Waals surface area (Å²) in [7, 11) is 0. The molecule has 1 amide bonds. The summed E-state index contributed by atoms with van der Waals surface area (Å²) in [4.78, 5) is 23.6. The minimum Gasteiger partial charge on any atom is -0.329 e. The van der Waals surface area contributed by atoms with Crippen molar-refractivity contribution < 1.29 is 4.79 Å². The summed E-state index contributed by atoms with van der Waals surface area (Å²) in [5.74, 6) is 0.0518. The molecule has 22 heavy (non-hydrogen) atoms. The summed E-state index contributed by atoms with van der Waals surface area (Å²) in [6.07, 6.45) is 5.50. The number of carbonyl (C=O) groups excluding carboxylic acids is 1. The number of hydrogen-bond acceptors (Lipinski definition) is 4. The highest BCUT2D eigenvalue weighted by Gasteiger charge is 2.32. The molecule has 4 rings (SSSR count). The molecule has 1 atom stereocenters. The van der Waals surface area contributed by atoms with E-state index in [4.69, 9.17) is 0 Å². The number of nitrogens with zero attached hydrogens (tertiary/aromatic N) is 3. The van der Waals surface area contributed by atoms with Crippen LogP contribution in [0.25, 0.3) is 10.9 Å². The van der Waals surface area contributed by atoms with Crippen LogP contribution in [0.1, 0.15) is 34.2 Å². The fraction of sp³-hybridized carbons (Fsp3) is 0.235. The van der Waals surface area contributed by atoms with E-state index >= 15 is 0 Å². The van der Waals surface area contributed by atoms with Gasteiger partial charge in [-0.05, 0) is 25.0 Å². The van der Waals surface area contributed by atoms with Gasteiger partial charge >= 0.3 is 0 Å². The third kappa shape index (κ3) is 2.27. The first-order valence-electron chi connectivity index (χ1n) is 7.38. The number of thiazole rings is 1. The zero-order valence-corrected chi connectivity index (χ0v) is 12.8. The van der Waals surface area contributed by atoms with Crippen molar-refractivity contribution in [2.75, 3.05) is 6.54 Å². The van der Waals surface area contributed by atoms with Gasteiger partial charge in [-0.2, -0.15) is 0 Å². The summed E-state index contributed by atoms with van der Waals surface area (Å²) in [5, 5.41) is 3.99. The number of amides is 1. The van der Waals surface area contributed by atoms with Gasteiger partial charge in [-0.3, -0.25) is 9.78 Å². The van der Waals surface area contributed by atoms with Crippen LogP contribution in [0.4, 0.5) is 0 Å². The van der Waals surface area contributed by atoms with Crippen molar-refractivity contribution in [2.24, 2.45) is 0 Å². The normalized spacial score (nSPS) is 18.0. The zero-order valence-electron chi connectivity index (χ0n) is 12.0. The Hall–Kier alpha value is -2.27. The van der Waals surface area contributed by atoms with Crippen molar-refractivity contribution in [3.05, 3.63) is 58.7 Å². The second-order valence-corrected chi connectivity index (χ2v) is 6.37. The molecule has 4 nitrogen and oxygen atoms in total. The van der Waals surface area contributed by atoms with Crippen LogP contribution in [0.15, 0.2) is 48.1 Å². The van der Waals surface area contributed by atoms with Crippen LogP contribution < -0.4 is 0 Å². The fourth-order valence-corrected chi connectivity index (χ4v) is 3.80. The third-order valence-electron chi connectivity index (χ3n) is 4.09. The van der Waals surface area contributed by atoms with Gasteiger partial charge < -0.3 is 4.90 Å². The van der Waals surface area contributed by atoms with Gasteiger partial charge in [-0.25, -0.2) is 4.98 Å². The second-order valence-electron chi connectivity index (χ2n) is 5.44. The third-order valence-corrected chi connectivity index (χ3v) is 4.96. The average molecular weight is 309 g/mol. The Morgan fingerprint density at radius 1 is 1.27 bits per heavy atom. The minimum absolute atomic E-state index is 0.0518. The number of likely N-dealkylation sites (tertiary alicyclic amines) is 1. The van der Waals surface area contributed by atoms with Crippen LogP contribution in [0.5, 0.6) is 0 Å². The van der Waals surface area contributed by atoms with Crippen LogP contribution in [0.3, 0.4) is 0 Å². The minimum atomic E-state index is 0.0518. The Bertz CT molecular complexity index is 816. The zero-order chi connectivity index (χ0) is 14.9. The predicted octanol–water partition coefficient (Wildman–Crippen LogP) is 3.67. The molecule has 0 aliphatic carbocycles. The number of benzene rings is 1. The molecule has 3 aromatic rings. The lowest BCUT2D eigenvalue weighted by Gasteiger charge is -2.23. The molecular formula is C17H15N3OS. The molecule has 0 saturated carbocycles. The van der Waals surface area contributed by atoms with Crippen molar-refractivity contribution in [3.63, 3.8) is 0 Å². The van der Waals surface area contributed by atoms with Crippen LogP contribution in [0, 0.1) is 0 Å². The summed E-state index contributed by atoms with van der Waals surface area (Å²) in [6, 6.07) is 9.91. The summed E-state index contributed by atoms with van der Waals surface area (Å²) in [6.45, 7) is 0.788. The van der Waals surface area contributed by atoms with E-state index in [2.05, 4.69) is 9.97 Å². The molecule has 1 fully saturated rings. The topological polar surface area (TPSA) is 46.1 Å². The molecule has 0 radical (unpaired) electrons. The molecule has 3 heterocycles. The first-order chi connectivity index (χ1) is 10.8. The maximum atomic E-state index is 12.9. The quantitative estimate of drug-likeness (QED) is 0.725. The lowest BCUT2D eigenvalue weighted by molar-refractivity contribution is 0.0735. The van der Waals surface area contributed by atoms with Crippen molar-refractivity contribution in [2.45, 2.75) is 18.9 Å². The number of hydrogen-bond donors (Lipinski definition) is 0. The number of carbonyl (C=O) groups is 1. The van der Waals surface area contributed by atoms with Crippen LogP contribution in [-0.2, 0) is 0 Å². The van der Waals surface area contributed by atoms with Crippen LogP contribution in [-0.4, -0.2) is 27.3 Å². The van der Waals surface area contributed by atoms with Gasteiger partial charge in [-0.1, -0.05) is 18.2 Å². The van der Waals surface area contributed by atoms with Crippen molar-refractivity contribution in [3.8, 4) is 0 Å². The van der Waals surface area contributed by atoms with E-state index in [9.17, 15) is 4.79 Å². The highest BCUT2D eigenvalue weighted by molar-refractivity contribution is 7.09. The molecule has 0 unspecified atom stereocenters. The first-order valence-corrected chi connectivity index (χ1v) is 8.26. The Labute approximate surface area is 132 Å². The van der Waals surface area contributed by atoms with E-state index in [0.717, 1.165) is 35.3 Å². The lowest BCUT2D eigenvalue weighted by atomic mass is 10.1. The van der Waals surface area contributed by atoms with Gasteiger partial charge in [0, 0.05) is 29.7 Å². The van der Waals surface area contributed by atoms with E-state index in [-0.39, 0.29) is 11.9 Å². The Morgan fingerprint density at radius 3 is 3.05 bits per heavy atom. The number of fused-ring (bicyclic) bond motifs is 1. The lowest BCUT2D eigenvalue weighted by Crippen LogP contribution is -2.30. The molecule has 0 spiro atoms. The molecule has 0 bridgehead atoms. The molecule has 1 aliphatic heterocycles. The van der Waals surface area contributed by atoms with Crippen molar-refractivity contribution in [1.29, 1.82) is 0 Å². The number of rotatable bonds is 2. The van der Waals surface area contributed by atoms with Crippen LogP contribution >= 0.6 is 11.3 Å². The van der Waals surface area contributed by atoms with Gasteiger partial charge in [0.15, 0.2) is 0 Å². The van der Waals surface area contributed by atoms with Gasteiger partial charge in [0.1, 0.15) is 5.01 Å². The highest BCUT2D eigenvalue weighted by atomic mass is 32.1. The van der Waals surface area contributed by atoms with E-state index in [0.29, 0.717) is 5.56 Å². The van der Waals surface area contributed by atoms with E-state index < -0.39 is 0 Å². The Kier molecular flexibility index (Phi) is 3.35. The molecule has 1 aromatic carbocycles. The van der Waals surface area contributed by atoms with Gasteiger partial charge in [0.25, 0.3) is 5.91 Å². The van der Waals surface area contributed by atoms with Crippen molar-refractivity contribution >= 4 is 28.1 Å². The largest absolute Gasteiger partial charge is 0.329 e. The second kappa shape index (κ2) is 5.50. The Morgan fingerprint density at radius 2 is 2.18 bits per heavy atom. The smallest absolute Gasteiger partial charge is 0.256 e. The molecule has 0 N–H and O–H groups in total. The molecule has 1 aliphatic rings. The average Bonchev–Trinajstić information content (AvgIpc) is 3.24. The van der Waals surface area contributed by atoms with E-state index in [1.807, 2.05) is 40.6 Å². The molecular weight excluding hydrogens is 294 g/mol. The summed E-state index contributed by atoms with van der Waals surface area (Å²) < 4.78 is 0. The number of pyridine rings is 1. The van der Waals surface area contributed by atoms with E-state index in [1.54, 1.807) is 23.7 Å². The molecule has 2 aromatic heterocycles. The fourth-order valence-electron chi connectivity index (χ4n) is 3.02. The van der Waals surface area contributed by atoms with Crippen LogP contribution in [0.2, 0.25) is 0 Å². The number of aromatic nitrogens is 2. The summed E-state index contributed by atoms with van der Waals surface area (Å²) >= 11 is 1.62. The van der Waals surface area contributed by atoms with Gasteiger partial charge in [0.2, 0.25) is 0 Å². The Balaban J connectivity index is 1.67. The predicted molar refractivity (Wildman–Crippen MR) is 86.9 cm³/mol. The van der Waals surface area contributed by atoms with Gasteiger partial charge in [-0.15, -0.1) is 11.3 Å². The summed E-state index contributed by atoms with van der Waals surface area (Å²) in [5.41, 5.74) is 1.57. The maximum Gasteiger partial charge on any atom is 0.256 e. The highest BCUT2D eigenvalue weighted by Crippen LogP contribution is 2.34. The van der Waals surface area contributed by atoms with Gasteiger partial charge in [0.05, 0.1) is 17.1 Å². The molecule has 1 saturated heterocycles. The SMILES string of the molecule is O=C(c1cnc2ccccc2c1)N1CCC[C@@H]1c1nccs1.